The average molecular weight is 325 g/mol. The maximum Gasteiger partial charge on any atom is 0.0564 e. The number of hydrogen-bond donors (Lipinski definition) is 2. The Bertz CT molecular complexity index is 624. The van der Waals surface area contributed by atoms with Crippen LogP contribution in [-0.4, -0.2) is 34.2 Å². The molecule has 1 aliphatic rings. The van der Waals surface area contributed by atoms with E-state index in [1.165, 1.54) is 16.7 Å². The molecule has 0 aliphatic carbocycles. The Labute approximate surface area is 144 Å². The van der Waals surface area contributed by atoms with Crippen LogP contribution in [0.4, 0.5) is 0 Å². The summed E-state index contributed by atoms with van der Waals surface area (Å²) in [6.45, 7) is 5.97. The van der Waals surface area contributed by atoms with Crippen LogP contribution < -0.4 is 5.32 Å². The third-order valence-electron chi connectivity index (χ3n) is 4.87. The molecule has 128 valence electrons. The summed E-state index contributed by atoms with van der Waals surface area (Å²) in [4.78, 5) is 6.52. The molecule has 0 radical (unpaired) electrons. The van der Waals surface area contributed by atoms with Gasteiger partial charge in [0.05, 0.1) is 6.10 Å². The van der Waals surface area contributed by atoms with Crippen LogP contribution in [0.5, 0.6) is 0 Å². The predicted octanol–water partition coefficient (Wildman–Crippen LogP) is 2.89. The van der Waals surface area contributed by atoms with Gasteiger partial charge in [-0.25, -0.2) is 0 Å². The number of aliphatic hydroxyl groups is 1. The molecule has 1 aliphatic heterocycles. The summed E-state index contributed by atoms with van der Waals surface area (Å²) in [7, 11) is 0. The van der Waals surface area contributed by atoms with E-state index in [2.05, 4.69) is 58.5 Å². The fourth-order valence-electron chi connectivity index (χ4n) is 3.24. The van der Waals surface area contributed by atoms with Gasteiger partial charge >= 0.3 is 0 Å². The summed E-state index contributed by atoms with van der Waals surface area (Å²) in [5, 5.41) is 13.3. The number of hydrogen-bond acceptors (Lipinski definition) is 4. The maximum atomic E-state index is 9.66. The lowest BCUT2D eigenvalue weighted by Gasteiger charge is -2.30. The molecular weight excluding hydrogens is 298 g/mol. The lowest BCUT2D eigenvalue weighted by molar-refractivity contribution is 0.0791. The van der Waals surface area contributed by atoms with Crippen LogP contribution in [0.1, 0.15) is 42.5 Å². The fourth-order valence-corrected chi connectivity index (χ4v) is 3.24. The summed E-state index contributed by atoms with van der Waals surface area (Å²) in [6, 6.07) is 13.1. The van der Waals surface area contributed by atoms with E-state index in [1.54, 1.807) is 0 Å². The minimum atomic E-state index is -0.112. The third kappa shape index (κ3) is 4.63. The first-order chi connectivity index (χ1) is 11.7. The average Bonchev–Trinajstić information content (AvgIpc) is 2.63. The normalized spacial score (nSPS) is 17.8. The molecule has 1 unspecified atom stereocenters. The van der Waals surface area contributed by atoms with Gasteiger partial charge in [-0.1, -0.05) is 24.3 Å². The van der Waals surface area contributed by atoms with Gasteiger partial charge in [-0.3, -0.25) is 9.88 Å². The highest BCUT2D eigenvalue weighted by Crippen LogP contribution is 2.18. The molecule has 0 bridgehead atoms. The van der Waals surface area contributed by atoms with Crippen LogP contribution in [0.3, 0.4) is 0 Å². The molecule has 1 fully saturated rings. The Hall–Kier alpha value is -1.75. The highest BCUT2D eigenvalue weighted by Gasteiger charge is 2.17. The molecule has 1 aromatic carbocycles. The molecule has 0 amide bonds. The summed E-state index contributed by atoms with van der Waals surface area (Å²) >= 11 is 0. The van der Waals surface area contributed by atoms with Crippen molar-refractivity contribution in [1.29, 1.82) is 0 Å². The number of benzene rings is 1. The fraction of sp³-hybridized carbons (Fsp3) is 0.450. The molecule has 2 aromatic rings. The van der Waals surface area contributed by atoms with Gasteiger partial charge in [0.25, 0.3) is 0 Å². The highest BCUT2D eigenvalue weighted by molar-refractivity contribution is 5.27. The van der Waals surface area contributed by atoms with E-state index < -0.39 is 0 Å². The van der Waals surface area contributed by atoms with Crippen molar-refractivity contribution < 1.29 is 5.11 Å². The Morgan fingerprint density at radius 2 is 1.79 bits per heavy atom. The summed E-state index contributed by atoms with van der Waals surface area (Å²) < 4.78 is 0. The van der Waals surface area contributed by atoms with Crippen molar-refractivity contribution in [2.24, 2.45) is 0 Å². The molecule has 1 atom stereocenters. The maximum absolute atomic E-state index is 9.66. The quantitative estimate of drug-likeness (QED) is 0.857. The zero-order valence-electron chi connectivity index (χ0n) is 14.4. The number of rotatable bonds is 6. The van der Waals surface area contributed by atoms with Crippen molar-refractivity contribution in [3.05, 3.63) is 65.5 Å². The highest BCUT2D eigenvalue weighted by atomic mass is 16.3. The number of pyridine rings is 1. The van der Waals surface area contributed by atoms with Crippen LogP contribution in [0.15, 0.2) is 48.8 Å². The molecule has 1 saturated heterocycles. The molecule has 2 heterocycles. The number of likely N-dealkylation sites (tertiary alicyclic amines) is 1. The van der Waals surface area contributed by atoms with Crippen molar-refractivity contribution >= 4 is 0 Å². The minimum Gasteiger partial charge on any atom is -0.393 e. The largest absolute Gasteiger partial charge is 0.393 e. The summed E-state index contributed by atoms with van der Waals surface area (Å²) in [5.41, 5.74) is 3.99. The van der Waals surface area contributed by atoms with Crippen LogP contribution in [0.25, 0.3) is 0 Å². The first-order valence-electron chi connectivity index (χ1n) is 8.83. The standard InChI is InChI=1S/C20H27N3O/c1-16(17-6-10-21-11-7-17)22-14-18-4-2-3-5-19(18)15-23-12-8-20(24)9-13-23/h2-7,10-11,16,20,22,24H,8-9,12-15H2,1H3. The van der Waals surface area contributed by atoms with Crippen molar-refractivity contribution in [2.75, 3.05) is 13.1 Å². The monoisotopic (exact) mass is 325 g/mol. The molecule has 24 heavy (non-hydrogen) atoms. The molecule has 0 spiro atoms. The van der Waals surface area contributed by atoms with Crippen molar-refractivity contribution in [2.45, 2.75) is 45.0 Å². The minimum absolute atomic E-state index is 0.112. The van der Waals surface area contributed by atoms with E-state index in [9.17, 15) is 5.11 Å². The molecule has 4 nitrogen and oxygen atoms in total. The Kier molecular flexibility index (Phi) is 5.96. The van der Waals surface area contributed by atoms with Crippen LogP contribution >= 0.6 is 0 Å². The SMILES string of the molecule is CC(NCc1ccccc1CN1CCC(O)CC1)c1ccncc1. The molecule has 0 saturated carbocycles. The van der Waals surface area contributed by atoms with E-state index in [-0.39, 0.29) is 6.10 Å². The first kappa shape index (κ1) is 17.1. The van der Waals surface area contributed by atoms with E-state index >= 15 is 0 Å². The number of piperidine rings is 1. The van der Waals surface area contributed by atoms with Gasteiger partial charge in [0.2, 0.25) is 0 Å². The lowest BCUT2D eigenvalue weighted by Crippen LogP contribution is -2.35. The molecule has 3 rings (SSSR count). The van der Waals surface area contributed by atoms with Gasteiger partial charge in [-0.2, -0.15) is 0 Å². The van der Waals surface area contributed by atoms with E-state index in [1.807, 2.05) is 12.4 Å². The van der Waals surface area contributed by atoms with E-state index in [4.69, 9.17) is 0 Å². The number of aromatic nitrogens is 1. The topological polar surface area (TPSA) is 48.4 Å². The Balaban J connectivity index is 1.59. The van der Waals surface area contributed by atoms with Gasteiger partial charge in [-0.05, 0) is 48.6 Å². The van der Waals surface area contributed by atoms with Crippen LogP contribution in [0, 0.1) is 0 Å². The third-order valence-corrected chi connectivity index (χ3v) is 4.87. The first-order valence-corrected chi connectivity index (χ1v) is 8.83. The lowest BCUT2D eigenvalue weighted by atomic mass is 10.0. The van der Waals surface area contributed by atoms with E-state index in [0.29, 0.717) is 6.04 Å². The molecular formula is C20H27N3O. The van der Waals surface area contributed by atoms with Crippen molar-refractivity contribution in [3.63, 3.8) is 0 Å². The van der Waals surface area contributed by atoms with Gasteiger partial charge < -0.3 is 10.4 Å². The molecule has 2 N–H and O–H groups in total. The van der Waals surface area contributed by atoms with Gasteiger partial charge in [0, 0.05) is 44.6 Å². The molecule has 4 heteroatoms. The van der Waals surface area contributed by atoms with Crippen molar-refractivity contribution in [3.8, 4) is 0 Å². The molecule has 1 aromatic heterocycles. The Morgan fingerprint density at radius 1 is 1.12 bits per heavy atom. The van der Waals surface area contributed by atoms with Crippen LogP contribution in [0.2, 0.25) is 0 Å². The second kappa shape index (κ2) is 8.38. The smallest absolute Gasteiger partial charge is 0.0564 e. The summed E-state index contributed by atoms with van der Waals surface area (Å²) in [6.07, 6.45) is 5.34. The van der Waals surface area contributed by atoms with Crippen molar-refractivity contribution in [1.82, 2.24) is 15.2 Å². The zero-order valence-corrected chi connectivity index (χ0v) is 14.4. The zero-order chi connectivity index (χ0) is 16.8. The predicted molar refractivity (Wildman–Crippen MR) is 96.5 cm³/mol. The summed E-state index contributed by atoms with van der Waals surface area (Å²) in [5.74, 6) is 0. The number of nitrogens with one attached hydrogen (secondary N) is 1. The number of aliphatic hydroxyl groups excluding tert-OH is 1. The Morgan fingerprint density at radius 3 is 2.50 bits per heavy atom. The van der Waals surface area contributed by atoms with E-state index in [0.717, 1.165) is 39.0 Å². The van der Waals surface area contributed by atoms with Crippen LogP contribution in [-0.2, 0) is 13.1 Å². The van der Waals surface area contributed by atoms with Gasteiger partial charge in [0.15, 0.2) is 0 Å². The second-order valence-corrected chi connectivity index (χ2v) is 6.66. The number of nitrogens with zero attached hydrogens (tertiary/aromatic N) is 2. The van der Waals surface area contributed by atoms with Gasteiger partial charge in [0.1, 0.15) is 0 Å². The second-order valence-electron chi connectivity index (χ2n) is 6.66. The van der Waals surface area contributed by atoms with Gasteiger partial charge in [-0.15, -0.1) is 0 Å².